The van der Waals surface area contributed by atoms with Crippen LogP contribution in [-0.4, -0.2) is 25.1 Å². The lowest BCUT2D eigenvalue weighted by atomic mass is 10.1. The van der Waals surface area contributed by atoms with Crippen LogP contribution in [0.4, 0.5) is 0 Å². The number of phenols is 1. The second-order valence-corrected chi connectivity index (χ2v) is 4.84. The molecule has 0 aromatic heterocycles. The number of carbonyl (C=O) groups excluding carboxylic acids is 1. The van der Waals surface area contributed by atoms with Gasteiger partial charge in [-0.1, -0.05) is 29.8 Å². The number of carbonyl (C=O) groups is 1. The number of aromatic hydroxyl groups is 1. The third-order valence-corrected chi connectivity index (χ3v) is 3.23. The molecule has 0 atom stereocenters. The fraction of sp³-hybridized carbons (Fsp3) is 0.167. The number of rotatable bonds is 5. The molecule has 0 saturated carbocycles. The van der Waals surface area contributed by atoms with Crippen LogP contribution in [0.3, 0.4) is 0 Å². The number of hydrogen-bond donors (Lipinski definition) is 1. The molecule has 0 radical (unpaired) electrons. The lowest BCUT2D eigenvalue weighted by Crippen LogP contribution is -1.94. The van der Waals surface area contributed by atoms with Crippen molar-refractivity contribution in [3.05, 3.63) is 59.2 Å². The van der Waals surface area contributed by atoms with Gasteiger partial charge >= 0.3 is 0 Å². The minimum absolute atomic E-state index is 0.0628. The van der Waals surface area contributed by atoms with Gasteiger partial charge in [0, 0.05) is 5.56 Å². The Kier molecular flexibility index (Phi) is 4.84. The maximum absolute atomic E-state index is 12.1. The lowest BCUT2D eigenvalue weighted by molar-refractivity contribution is 0.104. The van der Waals surface area contributed by atoms with Crippen LogP contribution < -0.4 is 9.47 Å². The van der Waals surface area contributed by atoms with Crippen LogP contribution >= 0.6 is 0 Å². The third-order valence-electron chi connectivity index (χ3n) is 3.23. The van der Waals surface area contributed by atoms with Crippen molar-refractivity contribution in [3.63, 3.8) is 0 Å². The summed E-state index contributed by atoms with van der Waals surface area (Å²) in [6.07, 6.45) is 3.15. The third kappa shape index (κ3) is 3.47. The maximum Gasteiger partial charge on any atom is 0.200 e. The zero-order valence-electron chi connectivity index (χ0n) is 12.8. The van der Waals surface area contributed by atoms with Crippen molar-refractivity contribution < 1.29 is 19.4 Å². The van der Waals surface area contributed by atoms with Crippen molar-refractivity contribution in [1.29, 1.82) is 0 Å². The number of ether oxygens (including phenoxy) is 2. The highest BCUT2D eigenvalue weighted by atomic mass is 16.5. The fourth-order valence-electron chi connectivity index (χ4n) is 2.08. The number of aryl methyl sites for hydroxylation is 1. The summed E-state index contributed by atoms with van der Waals surface area (Å²) < 4.78 is 10.2. The van der Waals surface area contributed by atoms with Crippen LogP contribution in [0.25, 0.3) is 6.08 Å². The predicted molar refractivity (Wildman–Crippen MR) is 85.8 cm³/mol. The van der Waals surface area contributed by atoms with E-state index in [1.165, 1.54) is 20.3 Å². The number of methoxy groups -OCH3 is 2. The number of benzene rings is 2. The van der Waals surface area contributed by atoms with E-state index in [2.05, 4.69) is 0 Å². The van der Waals surface area contributed by atoms with Crippen molar-refractivity contribution >= 4 is 11.9 Å². The Morgan fingerprint density at radius 3 is 2.27 bits per heavy atom. The second-order valence-electron chi connectivity index (χ2n) is 4.84. The van der Waals surface area contributed by atoms with Crippen LogP contribution in [0.5, 0.6) is 17.2 Å². The van der Waals surface area contributed by atoms with Crippen LogP contribution in [-0.2, 0) is 0 Å². The summed E-state index contributed by atoms with van der Waals surface area (Å²) in [5.41, 5.74) is 2.37. The zero-order valence-corrected chi connectivity index (χ0v) is 12.8. The zero-order chi connectivity index (χ0) is 16.1. The number of phenolic OH excluding ortho intramolecular Hbond substituents is 1. The van der Waals surface area contributed by atoms with Gasteiger partial charge in [-0.05, 0) is 36.8 Å². The molecule has 22 heavy (non-hydrogen) atoms. The molecular weight excluding hydrogens is 280 g/mol. The molecule has 0 aliphatic rings. The molecule has 2 aromatic carbocycles. The minimum Gasteiger partial charge on any atom is -0.502 e. The van der Waals surface area contributed by atoms with Gasteiger partial charge in [0.2, 0.25) is 5.75 Å². The van der Waals surface area contributed by atoms with Gasteiger partial charge in [-0.2, -0.15) is 0 Å². The smallest absolute Gasteiger partial charge is 0.200 e. The van der Waals surface area contributed by atoms with Gasteiger partial charge < -0.3 is 14.6 Å². The molecular formula is C18H18O4. The first-order valence-electron chi connectivity index (χ1n) is 6.79. The first-order valence-corrected chi connectivity index (χ1v) is 6.79. The van der Waals surface area contributed by atoms with E-state index in [9.17, 15) is 9.90 Å². The Hall–Kier alpha value is -2.75. The molecule has 0 aliphatic carbocycles. The molecule has 0 aliphatic heterocycles. The van der Waals surface area contributed by atoms with Gasteiger partial charge in [-0.25, -0.2) is 0 Å². The van der Waals surface area contributed by atoms with E-state index in [1.54, 1.807) is 24.3 Å². The van der Waals surface area contributed by atoms with Crippen molar-refractivity contribution in [2.45, 2.75) is 6.92 Å². The van der Waals surface area contributed by atoms with Gasteiger partial charge in [-0.15, -0.1) is 0 Å². The highest BCUT2D eigenvalue weighted by Gasteiger charge is 2.10. The highest BCUT2D eigenvalue weighted by Crippen LogP contribution is 2.37. The number of hydrogen-bond acceptors (Lipinski definition) is 4. The highest BCUT2D eigenvalue weighted by molar-refractivity contribution is 6.06. The molecule has 0 bridgehead atoms. The monoisotopic (exact) mass is 298 g/mol. The SMILES string of the molecule is COc1cc(/C=C/C(=O)c2cccc(C)c2)cc(OC)c1O. The Morgan fingerprint density at radius 1 is 1.09 bits per heavy atom. The molecule has 0 fully saturated rings. The normalized spacial score (nSPS) is 10.7. The van der Waals surface area contributed by atoms with Crippen molar-refractivity contribution in [2.75, 3.05) is 14.2 Å². The average Bonchev–Trinajstić information content (AvgIpc) is 2.53. The van der Waals surface area contributed by atoms with E-state index in [1.807, 2.05) is 25.1 Å². The van der Waals surface area contributed by atoms with E-state index in [0.717, 1.165) is 5.56 Å². The Labute approximate surface area is 129 Å². The molecule has 114 valence electrons. The molecule has 0 saturated heterocycles. The standard InChI is InChI=1S/C18H18O4/c1-12-5-4-6-14(9-12)15(19)8-7-13-10-16(21-2)18(20)17(11-13)22-3/h4-11,20H,1-3H3/b8-7+. The minimum atomic E-state index is -0.0882. The average molecular weight is 298 g/mol. The van der Waals surface area contributed by atoms with Crippen molar-refractivity contribution in [2.24, 2.45) is 0 Å². The van der Waals surface area contributed by atoms with Gasteiger partial charge in [0.25, 0.3) is 0 Å². The molecule has 0 amide bonds. The molecule has 0 unspecified atom stereocenters. The van der Waals surface area contributed by atoms with E-state index >= 15 is 0 Å². The summed E-state index contributed by atoms with van der Waals surface area (Å²) in [6.45, 7) is 1.94. The Balaban J connectivity index is 2.28. The lowest BCUT2D eigenvalue weighted by Gasteiger charge is -2.09. The van der Waals surface area contributed by atoms with Gasteiger partial charge in [0.1, 0.15) is 0 Å². The molecule has 4 nitrogen and oxygen atoms in total. The van der Waals surface area contributed by atoms with Crippen LogP contribution in [0.1, 0.15) is 21.5 Å². The molecule has 0 heterocycles. The van der Waals surface area contributed by atoms with Gasteiger partial charge in [0.05, 0.1) is 14.2 Å². The summed E-state index contributed by atoms with van der Waals surface area (Å²) in [5.74, 6) is 0.436. The van der Waals surface area contributed by atoms with E-state index in [0.29, 0.717) is 22.6 Å². The number of allylic oxidation sites excluding steroid dienone is 1. The van der Waals surface area contributed by atoms with E-state index in [-0.39, 0.29) is 11.5 Å². The maximum atomic E-state index is 12.1. The quantitative estimate of drug-likeness (QED) is 0.676. The van der Waals surface area contributed by atoms with E-state index < -0.39 is 0 Å². The molecule has 2 aromatic rings. The summed E-state index contributed by atoms with van der Waals surface area (Å²) in [7, 11) is 2.92. The summed E-state index contributed by atoms with van der Waals surface area (Å²) in [5, 5.41) is 9.86. The largest absolute Gasteiger partial charge is 0.502 e. The van der Waals surface area contributed by atoms with E-state index in [4.69, 9.17) is 9.47 Å². The fourth-order valence-corrected chi connectivity index (χ4v) is 2.08. The first kappa shape index (κ1) is 15.6. The Morgan fingerprint density at radius 2 is 1.73 bits per heavy atom. The summed E-state index contributed by atoms with van der Waals surface area (Å²) in [4.78, 5) is 12.1. The summed E-state index contributed by atoms with van der Waals surface area (Å²) in [6, 6.07) is 10.7. The van der Waals surface area contributed by atoms with Gasteiger partial charge in [0.15, 0.2) is 17.3 Å². The molecule has 2 rings (SSSR count). The molecule has 1 N–H and O–H groups in total. The van der Waals surface area contributed by atoms with Crippen LogP contribution in [0.15, 0.2) is 42.5 Å². The topological polar surface area (TPSA) is 55.8 Å². The number of ketones is 1. The van der Waals surface area contributed by atoms with Gasteiger partial charge in [-0.3, -0.25) is 4.79 Å². The van der Waals surface area contributed by atoms with Crippen LogP contribution in [0, 0.1) is 6.92 Å². The predicted octanol–water partition coefficient (Wildman–Crippen LogP) is 3.61. The second kappa shape index (κ2) is 6.80. The van der Waals surface area contributed by atoms with Crippen LogP contribution in [0.2, 0.25) is 0 Å². The Bertz CT molecular complexity index is 692. The molecule has 0 spiro atoms. The first-order chi connectivity index (χ1) is 10.5. The van der Waals surface area contributed by atoms with Crippen molar-refractivity contribution in [3.8, 4) is 17.2 Å². The molecule has 4 heteroatoms. The van der Waals surface area contributed by atoms with Crippen molar-refractivity contribution in [1.82, 2.24) is 0 Å². The summed E-state index contributed by atoms with van der Waals surface area (Å²) >= 11 is 0.